The first kappa shape index (κ1) is 18.3. The van der Waals surface area contributed by atoms with E-state index in [1.807, 2.05) is 32.1 Å². The van der Waals surface area contributed by atoms with Gasteiger partial charge in [-0.2, -0.15) is 0 Å². The number of aryl methyl sites for hydroxylation is 1. The van der Waals surface area contributed by atoms with E-state index < -0.39 is 5.60 Å². The molecule has 0 saturated heterocycles. The summed E-state index contributed by atoms with van der Waals surface area (Å²) in [4.78, 5) is 14.8. The first-order chi connectivity index (χ1) is 10.8. The molecule has 1 fully saturated rings. The van der Waals surface area contributed by atoms with Crippen molar-refractivity contribution in [1.29, 1.82) is 0 Å². The molecule has 1 aromatic heterocycles. The molecule has 2 unspecified atom stereocenters. The van der Waals surface area contributed by atoms with Crippen LogP contribution in [0, 0.1) is 6.92 Å². The highest BCUT2D eigenvalue weighted by atomic mass is 32.1. The van der Waals surface area contributed by atoms with Gasteiger partial charge in [0.25, 0.3) is 0 Å². The average molecular weight is 339 g/mol. The molecule has 23 heavy (non-hydrogen) atoms. The minimum Gasteiger partial charge on any atom is -0.444 e. The quantitative estimate of drug-likeness (QED) is 0.801. The highest BCUT2D eigenvalue weighted by Gasteiger charge is 2.27. The molecule has 1 aliphatic rings. The molecule has 1 heterocycles. The molecule has 130 valence electrons. The Morgan fingerprint density at radius 1 is 1.22 bits per heavy atom. The molecule has 0 bridgehead atoms. The Bertz CT molecular complexity index is 507. The van der Waals surface area contributed by atoms with Gasteiger partial charge in [0.05, 0.1) is 0 Å². The van der Waals surface area contributed by atoms with Crippen molar-refractivity contribution in [2.24, 2.45) is 0 Å². The monoisotopic (exact) mass is 338 g/mol. The zero-order valence-corrected chi connectivity index (χ0v) is 15.6. The second-order valence-corrected chi connectivity index (χ2v) is 8.76. The van der Waals surface area contributed by atoms with E-state index in [4.69, 9.17) is 4.74 Å². The fourth-order valence-electron chi connectivity index (χ4n) is 3.00. The predicted molar refractivity (Wildman–Crippen MR) is 95.9 cm³/mol. The number of thiophene rings is 1. The summed E-state index contributed by atoms with van der Waals surface area (Å²) in [6, 6.07) is 4.80. The van der Waals surface area contributed by atoms with Crippen molar-refractivity contribution in [2.45, 2.75) is 84.0 Å². The van der Waals surface area contributed by atoms with Gasteiger partial charge in [-0.1, -0.05) is 19.3 Å². The molecule has 0 aromatic carbocycles. The molecular formula is C18H30N2O2S. The fourth-order valence-corrected chi connectivity index (χ4v) is 3.84. The zero-order chi connectivity index (χ0) is 16.9. The highest BCUT2D eigenvalue weighted by molar-refractivity contribution is 7.11. The van der Waals surface area contributed by atoms with Crippen molar-refractivity contribution in [3.05, 3.63) is 21.9 Å². The number of alkyl carbamates (subject to hydrolysis) is 1. The zero-order valence-electron chi connectivity index (χ0n) is 14.8. The molecule has 1 amide bonds. The predicted octanol–water partition coefficient (Wildman–Crippen LogP) is 4.37. The second-order valence-electron chi connectivity index (χ2n) is 7.39. The fraction of sp³-hybridized carbons (Fsp3) is 0.722. The van der Waals surface area contributed by atoms with Gasteiger partial charge in [-0.05, 0) is 52.7 Å². The number of hydrogen-bond donors (Lipinski definition) is 2. The first-order valence-corrected chi connectivity index (χ1v) is 9.43. The van der Waals surface area contributed by atoms with E-state index in [0.717, 1.165) is 25.8 Å². The van der Waals surface area contributed by atoms with Crippen LogP contribution >= 0.6 is 11.3 Å². The molecule has 2 N–H and O–H groups in total. The van der Waals surface area contributed by atoms with Crippen LogP contribution in [0.15, 0.2) is 12.1 Å². The van der Waals surface area contributed by atoms with Crippen LogP contribution in [-0.2, 0) is 11.3 Å². The van der Waals surface area contributed by atoms with Crippen molar-refractivity contribution >= 4 is 17.4 Å². The summed E-state index contributed by atoms with van der Waals surface area (Å²) in [6.45, 7) is 8.69. The van der Waals surface area contributed by atoms with Gasteiger partial charge in [0.1, 0.15) is 5.60 Å². The van der Waals surface area contributed by atoms with E-state index in [0.29, 0.717) is 6.04 Å². The molecule has 1 aliphatic carbocycles. The number of hydrogen-bond acceptors (Lipinski definition) is 4. The Hall–Kier alpha value is -1.07. The molecular weight excluding hydrogens is 308 g/mol. The molecule has 0 spiro atoms. The van der Waals surface area contributed by atoms with Gasteiger partial charge in [-0.15, -0.1) is 11.3 Å². The smallest absolute Gasteiger partial charge is 0.407 e. The Morgan fingerprint density at radius 2 is 1.91 bits per heavy atom. The van der Waals surface area contributed by atoms with E-state index in [1.165, 1.54) is 22.6 Å². The third-order valence-electron chi connectivity index (χ3n) is 4.05. The van der Waals surface area contributed by atoms with Gasteiger partial charge >= 0.3 is 6.09 Å². The lowest BCUT2D eigenvalue weighted by molar-refractivity contribution is 0.0489. The molecule has 2 rings (SSSR count). The third kappa shape index (κ3) is 6.51. The molecule has 0 radical (unpaired) electrons. The van der Waals surface area contributed by atoms with E-state index in [2.05, 4.69) is 29.7 Å². The molecule has 1 aromatic rings. The van der Waals surface area contributed by atoms with Crippen LogP contribution in [0.5, 0.6) is 0 Å². The van der Waals surface area contributed by atoms with Crippen LogP contribution < -0.4 is 10.6 Å². The summed E-state index contributed by atoms with van der Waals surface area (Å²) < 4.78 is 5.42. The number of carbonyl (C=O) groups is 1. The van der Waals surface area contributed by atoms with Crippen molar-refractivity contribution in [3.8, 4) is 0 Å². The molecule has 5 heteroatoms. The van der Waals surface area contributed by atoms with Gasteiger partial charge in [-0.3, -0.25) is 0 Å². The number of ether oxygens (including phenoxy) is 1. The van der Waals surface area contributed by atoms with Crippen LogP contribution in [0.4, 0.5) is 4.79 Å². The van der Waals surface area contributed by atoms with Crippen molar-refractivity contribution in [3.63, 3.8) is 0 Å². The van der Waals surface area contributed by atoms with Gasteiger partial charge in [0.15, 0.2) is 0 Å². The Balaban J connectivity index is 1.91. The number of amides is 1. The summed E-state index contributed by atoms with van der Waals surface area (Å²) in [5, 5.41) is 6.74. The molecule has 0 aliphatic heterocycles. The summed E-state index contributed by atoms with van der Waals surface area (Å²) in [7, 11) is 0. The normalized spacial score (nSPS) is 22.4. The van der Waals surface area contributed by atoms with Crippen LogP contribution in [0.3, 0.4) is 0 Å². The van der Waals surface area contributed by atoms with Gasteiger partial charge < -0.3 is 15.4 Å². The lowest BCUT2D eigenvalue weighted by atomic mass is 10.0. The molecule has 1 saturated carbocycles. The van der Waals surface area contributed by atoms with Gasteiger partial charge in [0, 0.05) is 28.4 Å². The Morgan fingerprint density at radius 3 is 2.52 bits per heavy atom. The van der Waals surface area contributed by atoms with Crippen molar-refractivity contribution < 1.29 is 9.53 Å². The van der Waals surface area contributed by atoms with E-state index in [-0.39, 0.29) is 12.1 Å². The maximum atomic E-state index is 12.1. The van der Waals surface area contributed by atoms with Gasteiger partial charge in [0.2, 0.25) is 0 Å². The summed E-state index contributed by atoms with van der Waals surface area (Å²) in [5.41, 5.74) is -0.452. The Kier molecular flexibility index (Phi) is 6.48. The summed E-state index contributed by atoms with van der Waals surface area (Å²) >= 11 is 1.83. The standard InChI is InChI=1S/C18H30N2O2S/c1-13-10-11-14(23-13)12-19-15-8-6-5-7-9-16(15)20-17(21)22-18(2,3)4/h10-11,15-16,19H,5-9,12H2,1-4H3,(H,20,21). The first-order valence-electron chi connectivity index (χ1n) is 8.62. The summed E-state index contributed by atoms with van der Waals surface area (Å²) in [5.74, 6) is 0. The minimum absolute atomic E-state index is 0.147. The van der Waals surface area contributed by atoms with Crippen molar-refractivity contribution in [2.75, 3.05) is 0 Å². The SMILES string of the molecule is Cc1ccc(CNC2CCCCCC2NC(=O)OC(C)(C)C)s1. The number of carbonyl (C=O) groups excluding carboxylic acids is 1. The maximum absolute atomic E-state index is 12.1. The average Bonchev–Trinajstić information content (AvgIpc) is 2.72. The topological polar surface area (TPSA) is 50.4 Å². The lowest BCUT2D eigenvalue weighted by Gasteiger charge is -2.28. The number of rotatable bonds is 4. The summed E-state index contributed by atoms with van der Waals surface area (Å²) in [6.07, 6.45) is 5.43. The highest BCUT2D eigenvalue weighted by Crippen LogP contribution is 2.21. The number of nitrogens with one attached hydrogen (secondary N) is 2. The molecule has 2 atom stereocenters. The second kappa shape index (κ2) is 8.15. The van der Waals surface area contributed by atoms with E-state index >= 15 is 0 Å². The lowest BCUT2D eigenvalue weighted by Crippen LogP contribution is -2.50. The minimum atomic E-state index is -0.452. The molecule has 4 nitrogen and oxygen atoms in total. The van der Waals surface area contributed by atoms with Crippen LogP contribution in [0.1, 0.15) is 62.6 Å². The van der Waals surface area contributed by atoms with E-state index in [9.17, 15) is 4.79 Å². The van der Waals surface area contributed by atoms with Crippen molar-refractivity contribution in [1.82, 2.24) is 10.6 Å². The van der Waals surface area contributed by atoms with E-state index in [1.54, 1.807) is 0 Å². The van der Waals surface area contributed by atoms with Crippen LogP contribution in [0.25, 0.3) is 0 Å². The largest absolute Gasteiger partial charge is 0.444 e. The third-order valence-corrected chi connectivity index (χ3v) is 5.05. The van der Waals surface area contributed by atoms with Gasteiger partial charge in [-0.25, -0.2) is 4.79 Å². The maximum Gasteiger partial charge on any atom is 0.407 e. The van der Waals surface area contributed by atoms with Crippen LogP contribution in [0.2, 0.25) is 0 Å². The Labute approximate surface area is 144 Å². The van der Waals surface area contributed by atoms with Crippen LogP contribution in [-0.4, -0.2) is 23.8 Å².